The normalized spacial score (nSPS) is 10.2. The lowest BCUT2D eigenvalue weighted by atomic mass is 10.1. The van der Waals surface area contributed by atoms with Crippen molar-refractivity contribution in [2.75, 3.05) is 7.11 Å². The molecule has 3 rings (SSSR count). The Labute approximate surface area is 171 Å². The quantitative estimate of drug-likeness (QED) is 0.539. The van der Waals surface area contributed by atoms with Crippen LogP contribution in [0, 0.1) is 0 Å². The van der Waals surface area contributed by atoms with E-state index in [1.54, 1.807) is 19.5 Å². The van der Waals surface area contributed by atoms with Gasteiger partial charge in [-0.05, 0) is 48.4 Å². The third-order valence-electron chi connectivity index (χ3n) is 4.38. The zero-order valence-electron chi connectivity index (χ0n) is 17.3. The number of hydrogen-bond acceptors (Lipinski definition) is 7. The second-order valence-electron chi connectivity index (χ2n) is 6.44. The zero-order valence-corrected chi connectivity index (χ0v) is 17.3. The fraction of sp³-hybridized carbons (Fsp3) is 0.429. The van der Waals surface area contributed by atoms with Crippen LogP contribution < -0.4 is 10.3 Å². The van der Waals surface area contributed by atoms with Gasteiger partial charge in [-0.1, -0.05) is 38.3 Å². The van der Waals surface area contributed by atoms with Crippen molar-refractivity contribution in [1.82, 2.24) is 30.4 Å². The van der Waals surface area contributed by atoms with Crippen LogP contribution >= 0.6 is 0 Å². The van der Waals surface area contributed by atoms with Gasteiger partial charge >= 0.3 is 0 Å². The summed E-state index contributed by atoms with van der Waals surface area (Å²) < 4.78 is 6.54. The summed E-state index contributed by atoms with van der Waals surface area (Å²) in [5, 5.41) is 18.8. The van der Waals surface area contributed by atoms with Crippen molar-refractivity contribution < 1.29 is 4.74 Å². The Morgan fingerprint density at radius 2 is 1.79 bits per heavy atom. The fourth-order valence-electron chi connectivity index (χ4n) is 2.65. The van der Waals surface area contributed by atoms with E-state index in [-0.39, 0.29) is 5.56 Å². The molecule has 2 heterocycles. The summed E-state index contributed by atoms with van der Waals surface area (Å²) >= 11 is 0. The highest BCUT2D eigenvalue weighted by Crippen LogP contribution is 2.19. The average molecular weight is 396 g/mol. The minimum absolute atomic E-state index is 0.0176. The smallest absolute Gasteiger partial charge is 0.272 e. The monoisotopic (exact) mass is 396 g/mol. The molecule has 0 radical (unpaired) electrons. The van der Waals surface area contributed by atoms with E-state index >= 15 is 0 Å². The highest BCUT2D eigenvalue weighted by atomic mass is 16.5. The molecule has 0 unspecified atom stereocenters. The van der Waals surface area contributed by atoms with E-state index in [2.05, 4.69) is 32.6 Å². The molecule has 0 saturated heterocycles. The van der Waals surface area contributed by atoms with E-state index in [4.69, 9.17) is 4.74 Å². The Morgan fingerprint density at radius 3 is 2.41 bits per heavy atom. The van der Waals surface area contributed by atoms with Crippen LogP contribution in [0.4, 0.5) is 0 Å². The molecule has 0 aliphatic carbocycles. The average Bonchev–Trinajstić information content (AvgIpc) is 2.79. The van der Waals surface area contributed by atoms with Gasteiger partial charge in [0.05, 0.1) is 25.2 Å². The topological polar surface area (TPSA) is 95.7 Å². The molecule has 0 N–H and O–H groups in total. The van der Waals surface area contributed by atoms with E-state index in [1.165, 1.54) is 17.5 Å². The summed E-state index contributed by atoms with van der Waals surface area (Å²) in [6.07, 6.45) is 8.49. The van der Waals surface area contributed by atoms with Crippen LogP contribution in [-0.4, -0.2) is 37.5 Å². The maximum Gasteiger partial charge on any atom is 0.272 e. The van der Waals surface area contributed by atoms with Gasteiger partial charge in [0.1, 0.15) is 5.75 Å². The van der Waals surface area contributed by atoms with E-state index in [1.807, 2.05) is 37.3 Å². The molecule has 0 aliphatic rings. The SMILES string of the molecule is CCCCCCn1nncc(CC)c1=O.COc1ccc(-c2ccnnn2)cc1. The zero-order chi connectivity index (χ0) is 20.9. The molecule has 0 aliphatic heterocycles. The van der Waals surface area contributed by atoms with Gasteiger partial charge in [0.15, 0.2) is 0 Å². The number of nitrogens with zero attached hydrogens (tertiary/aromatic N) is 6. The molecule has 2 aromatic heterocycles. The molecule has 0 amide bonds. The first-order valence-electron chi connectivity index (χ1n) is 9.90. The first-order chi connectivity index (χ1) is 14.2. The second-order valence-corrected chi connectivity index (χ2v) is 6.44. The number of aromatic nitrogens is 6. The third kappa shape index (κ3) is 7.06. The molecule has 0 spiro atoms. The molecule has 0 fully saturated rings. The van der Waals surface area contributed by atoms with Crippen LogP contribution in [0.25, 0.3) is 11.3 Å². The van der Waals surface area contributed by atoms with Gasteiger partial charge in [-0.3, -0.25) is 4.79 Å². The maximum absolute atomic E-state index is 11.7. The molecule has 154 valence electrons. The van der Waals surface area contributed by atoms with Crippen LogP contribution in [0.5, 0.6) is 5.75 Å². The molecule has 0 atom stereocenters. The summed E-state index contributed by atoms with van der Waals surface area (Å²) in [7, 11) is 1.64. The number of benzene rings is 1. The predicted molar refractivity (Wildman–Crippen MR) is 112 cm³/mol. The summed E-state index contributed by atoms with van der Waals surface area (Å²) in [5.41, 5.74) is 2.58. The van der Waals surface area contributed by atoms with Crippen LogP contribution in [0.2, 0.25) is 0 Å². The number of methoxy groups -OCH3 is 1. The summed E-state index contributed by atoms with van der Waals surface area (Å²) in [5.74, 6) is 0.829. The molecular formula is C21H28N6O2. The van der Waals surface area contributed by atoms with E-state index in [0.29, 0.717) is 6.54 Å². The molecule has 3 aromatic rings. The Bertz CT molecular complexity index is 897. The first-order valence-corrected chi connectivity index (χ1v) is 9.90. The molecule has 8 nitrogen and oxygen atoms in total. The van der Waals surface area contributed by atoms with Gasteiger partial charge in [0.2, 0.25) is 0 Å². The highest BCUT2D eigenvalue weighted by Gasteiger charge is 2.02. The summed E-state index contributed by atoms with van der Waals surface area (Å²) in [6.45, 7) is 4.82. The second kappa shape index (κ2) is 12.3. The van der Waals surface area contributed by atoms with Crippen molar-refractivity contribution in [3.8, 4) is 17.0 Å². The van der Waals surface area contributed by atoms with Crippen molar-refractivity contribution in [3.05, 3.63) is 58.6 Å². The van der Waals surface area contributed by atoms with Gasteiger partial charge in [-0.25, -0.2) is 4.68 Å². The van der Waals surface area contributed by atoms with Crippen LogP contribution in [0.1, 0.15) is 45.1 Å². The molecule has 0 bridgehead atoms. The largest absolute Gasteiger partial charge is 0.497 e. The highest BCUT2D eigenvalue weighted by molar-refractivity contribution is 5.58. The van der Waals surface area contributed by atoms with Crippen molar-refractivity contribution in [2.24, 2.45) is 0 Å². The van der Waals surface area contributed by atoms with Gasteiger partial charge in [-0.2, -0.15) is 0 Å². The van der Waals surface area contributed by atoms with Gasteiger partial charge < -0.3 is 4.74 Å². The Balaban J connectivity index is 0.000000207. The molecular weight excluding hydrogens is 368 g/mol. The van der Waals surface area contributed by atoms with Gasteiger partial charge in [0, 0.05) is 17.7 Å². The van der Waals surface area contributed by atoms with Crippen LogP contribution in [0.15, 0.2) is 47.5 Å². The number of unbranched alkanes of at least 4 members (excludes halogenated alkanes) is 3. The first kappa shape index (κ1) is 22.1. The fourth-order valence-corrected chi connectivity index (χ4v) is 2.65. The van der Waals surface area contributed by atoms with Crippen molar-refractivity contribution in [2.45, 2.75) is 52.5 Å². The number of ether oxygens (including phenoxy) is 1. The minimum atomic E-state index is 0.0176. The molecule has 1 aromatic carbocycles. The number of hydrogen-bond donors (Lipinski definition) is 0. The van der Waals surface area contributed by atoms with E-state index in [9.17, 15) is 4.79 Å². The summed E-state index contributed by atoms with van der Waals surface area (Å²) in [6, 6.07) is 9.45. The van der Waals surface area contributed by atoms with Crippen molar-refractivity contribution in [3.63, 3.8) is 0 Å². The van der Waals surface area contributed by atoms with E-state index in [0.717, 1.165) is 41.8 Å². The molecule has 29 heavy (non-hydrogen) atoms. The van der Waals surface area contributed by atoms with Crippen molar-refractivity contribution >= 4 is 0 Å². The van der Waals surface area contributed by atoms with Crippen molar-refractivity contribution in [1.29, 1.82) is 0 Å². The van der Waals surface area contributed by atoms with Crippen LogP contribution in [-0.2, 0) is 13.0 Å². The minimum Gasteiger partial charge on any atom is -0.497 e. The number of rotatable bonds is 8. The van der Waals surface area contributed by atoms with Crippen LogP contribution in [0.3, 0.4) is 0 Å². The van der Waals surface area contributed by atoms with Gasteiger partial charge in [-0.15, -0.1) is 15.3 Å². The lowest BCUT2D eigenvalue weighted by molar-refractivity contribution is 0.415. The lowest BCUT2D eigenvalue weighted by Gasteiger charge is -2.03. The van der Waals surface area contributed by atoms with E-state index < -0.39 is 0 Å². The third-order valence-corrected chi connectivity index (χ3v) is 4.38. The summed E-state index contributed by atoms with van der Waals surface area (Å²) in [4.78, 5) is 11.7. The molecule has 8 heteroatoms. The molecule has 0 saturated carbocycles. The predicted octanol–water partition coefficient (Wildman–Crippen LogP) is 3.33. The Hall–Kier alpha value is -3.16. The Kier molecular flexibility index (Phi) is 9.41. The lowest BCUT2D eigenvalue weighted by Crippen LogP contribution is -2.26. The maximum atomic E-state index is 11.7. The Morgan fingerprint density at radius 1 is 1.00 bits per heavy atom. The van der Waals surface area contributed by atoms with Gasteiger partial charge in [0.25, 0.3) is 5.56 Å². The number of aryl methyl sites for hydroxylation is 2. The standard InChI is InChI=1S/C11H19N3O.C10H9N3O/c1-3-5-6-7-8-14-11(15)10(4-2)9-12-13-14;1-14-9-4-2-8(3-5-9)10-6-7-11-13-12-10/h9H,3-8H2,1-2H3;2-7H,1H3.